The molecule has 0 saturated carbocycles. The molecule has 0 spiro atoms. The second-order valence-electron chi connectivity index (χ2n) is 18.1. The van der Waals surface area contributed by atoms with Gasteiger partial charge in [-0.05, 0) is 103 Å². The molecule has 3 N–H and O–H groups in total. The number of rotatable bonds is 44. The van der Waals surface area contributed by atoms with Gasteiger partial charge in [0, 0.05) is 19.3 Å². The second kappa shape index (κ2) is 46.7. The van der Waals surface area contributed by atoms with E-state index in [1.165, 1.54) is 38.5 Å². The van der Waals surface area contributed by atoms with Gasteiger partial charge in [-0.25, -0.2) is 4.79 Å². The van der Waals surface area contributed by atoms with Gasteiger partial charge in [0.05, 0.1) is 6.61 Å². The zero-order chi connectivity index (χ0) is 51.8. The number of hydrogen-bond acceptors (Lipinski definition) is 11. The highest BCUT2D eigenvalue weighted by molar-refractivity contribution is 5.74. The molecule has 1 saturated heterocycles. The third kappa shape index (κ3) is 37.1. The van der Waals surface area contributed by atoms with E-state index in [9.17, 15) is 34.5 Å². The highest BCUT2D eigenvalue weighted by Gasteiger charge is 2.50. The Balaban J connectivity index is 2.78. The van der Waals surface area contributed by atoms with Crippen LogP contribution < -0.4 is 0 Å². The molecule has 1 rings (SSSR count). The number of aliphatic carboxylic acids is 1. The Hall–Kier alpha value is -4.36. The topological polar surface area (TPSA) is 175 Å². The summed E-state index contributed by atoms with van der Waals surface area (Å²) in [5, 5.41) is 31.4. The quantitative estimate of drug-likeness (QED) is 0.0228. The third-order valence-corrected chi connectivity index (χ3v) is 11.6. The van der Waals surface area contributed by atoms with Crippen LogP contribution >= 0.6 is 0 Å². The highest BCUT2D eigenvalue weighted by Crippen LogP contribution is 2.26. The first kappa shape index (κ1) is 64.7. The van der Waals surface area contributed by atoms with Gasteiger partial charge in [0.15, 0.2) is 24.6 Å². The Kier molecular flexibility index (Phi) is 42.5. The summed E-state index contributed by atoms with van der Waals surface area (Å²) in [6.07, 6.45) is 48.4. The summed E-state index contributed by atoms with van der Waals surface area (Å²) in [6.45, 7) is 5.63. The summed E-state index contributed by atoms with van der Waals surface area (Å²) < 4.78 is 28.2. The number of unbranched alkanes of at least 4 members (excludes halogenated alkanes) is 14. The zero-order valence-corrected chi connectivity index (χ0v) is 43.9. The zero-order valence-electron chi connectivity index (χ0n) is 43.9. The molecule has 71 heavy (non-hydrogen) atoms. The largest absolute Gasteiger partial charge is 0.479 e. The van der Waals surface area contributed by atoms with Crippen molar-refractivity contribution in [3.05, 3.63) is 97.2 Å². The van der Waals surface area contributed by atoms with Gasteiger partial charge in [-0.1, -0.05) is 176 Å². The van der Waals surface area contributed by atoms with Gasteiger partial charge >= 0.3 is 23.9 Å². The van der Waals surface area contributed by atoms with Gasteiger partial charge in [0.1, 0.15) is 18.8 Å². The van der Waals surface area contributed by atoms with Crippen molar-refractivity contribution >= 4 is 23.9 Å². The molecule has 0 radical (unpaired) electrons. The first-order valence-electron chi connectivity index (χ1n) is 27.2. The Morgan fingerprint density at radius 2 is 0.915 bits per heavy atom. The molecular weight excluding hydrogens is 901 g/mol. The van der Waals surface area contributed by atoms with E-state index in [1.807, 2.05) is 12.2 Å². The SMILES string of the molecule is CC/C=C\C/C=C\C/C=C\C/C=C\CCC(=O)OCC(COC1OC(C(=O)O)C(O)C(O)C1OC(=O)CCCCCCC/C=C\CCCCCCCC)OC(=O)CCCCC/C=C\C/C=C\C/C=C\CC. The standard InChI is InChI=1S/C59H94O12/c1-4-7-10-13-16-19-22-25-26-29-32-35-38-41-44-47-53(62)70-57-55(64)54(63)56(58(65)66)71-59(57)68-49-50(69-52(61)46-43-40-37-34-31-28-24-21-18-15-12-9-6-3)48-67-51(60)45-42-39-36-33-30-27-23-20-17-14-11-8-5-2/h8-9,11-12,17-18,20-21,25-28,30-31,36,39,50,54-57,59,63-64H,4-7,10,13-16,19,22-24,29,32-35,37-38,40-49H2,1-3H3,(H,65,66)/b11-8-,12-9-,20-17-,21-18-,26-25-,30-27-,31-28-,39-36-. The van der Waals surface area contributed by atoms with E-state index in [0.29, 0.717) is 19.3 Å². The van der Waals surface area contributed by atoms with Crippen LogP contribution in [0.3, 0.4) is 0 Å². The fourth-order valence-electron chi connectivity index (χ4n) is 7.51. The van der Waals surface area contributed by atoms with E-state index >= 15 is 0 Å². The van der Waals surface area contributed by atoms with Crippen molar-refractivity contribution in [2.45, 2.75) is 237 Å². The van der Waals surface area contributed by atoms with Crippen LogP contribution in [0.5, 0.6) is 0 Å². The van der Waals surface area contributed by atoms with Crippen molar-refractivity contribution in [3.63, 3.8) is 0 Å². The lowest BCUT2D eigenvalue weighted by molar-refractivity contribution is -0.301. The van der Waals surface area contributed by atoms with Crippen LogP contribution in [0.2, 0.25) is 0 Å². The summed E-state index contributed by atoms with van der Waals surface area (Å²) in [7, 11) is 0. The maximum absolute atomic E-state index is 13.1. The summed E-state index contributed by atoms with van der Waals surface area (Å²) in [4.78, 5) is 50.9. The first-order chi connectivity index (χ1) is 34.6. The van der Waals surface area contributed by atoms with Gasteiger partial charge in [-0.3, -0.25) is 14.4 Å². The van der Waals surface area contributed by atoms with E-state index in [2.05, 4.69) is 106 Å². The molecule has 12 nitrogen and oxygen atoms in total. The molecule has 12 heteroatoms. The molecule has 1 aliphatic rings. The number of hydrogen-bond donors (Lipinski definition) is 3. The van der Waals surface area contributed by atoms with Crippen molar-refractivity contribution < 1.29 is 58.2 Å². The molecule has 0 amide bonds. The molecule has 0 aliphatic carbocycles. The molecule has 0 bridgehead atoms. The maximum atomic E-state index is 13.1. The predicted octanol–water partition coefficient (Wildman–Crippen LogP) is 13.3. The normalized spacial score (nSPS) is 19.3. The van der Waals surface area contributed by atoms with Crippen molar-refractivity contribution in [1.82, 2.24) is 0 Å². The lowest BCUT2D eigenvalue weighted by atomic mass is 9.98. The Morgan fingerprint density at radius 3 is 1.44 bits per heavy atom. The van der Waals surface area contributed by atoms with E-state index in [0.717, 1.165) is 103 Å². The molecule has 6 atom stereocenters. The van der Waals surface area contributed by atoms with Gasteiger partial charge in [-0.2, -0.15) is 0 Å². The number of aliphatic hydroxyl groups excluding tert-OH is 2. The van der Waals surface area contributed by atoms with Crippen molar-refractivity contribution in [2.24, 2.45) is 0 Å². The molecule has 6 unspecified atom stereocenters. The highest BCUT2D eigenvalue weighted by atomic mass is 16.7. The van der Waals surface area contributed by atoms with Crippen LogP contribution in [0.15, 0.2) is 97.2 Å². The number of esters is 3. The average molecular weight is 995 g/mol. The minimum atomic E-state index is -1.92. The van der Waals surface area contributed by atoms with Crippen LogP contribution in [-0.2, 0) is 42.9 Å². The van der Waals surface area contributed by atoms with Crippen LogP contribution in [0.25, 0.3) is 0 Å². The van der Waals surface area contributed by atoms with Gasteiger partial charge in [0.2, 0.25) is 0 Å². The van der Waals surface area contributed by atoms with Crippen LogP contribution in [0.4, 0.5) is 0 Å². The molecule has 0 aromatic carbocycles. The Morgan fingerprint density at radius 1 is 0.479 bits per heavy atom. The molecule has 0 aromatic heterocycles. The minimum Gasteiger partial charge on any atom is -0.479 e. The number of carbonyl (C=O) groups is 4. The minimum absolute atomic E-state index is 0.0362. The summed E-state index contributed by atoms with van der Waals surface area (Å²) in [6, 6.07) is 0. The number of aliphatic hydroxyl groups is 2. The van der Waals surface area contributed by atoms with Crippen LogP contribution in [0, 0.1) is 0 Å². The number of allylic oxidation sites excluding steroid dienone is 16. The molecule has 402 valence electrons. The lowest BCUT2D eigenvalue weighted by Crippen LogP contribution is -2.61. The van der Waals surface area contributed by atoms with Crippen molar-refractivity contribution in [1.29, 1.82) is 0 Å². The van der Waals surface area contributed by atoms with Gasteiger partial charge in [0.25, 0.3) is 0 Å². The Bertz CT molecular complexity index is 1610. The smallest absolute Gasteiger partial charge is 0.335 e. The number of carbonyl (C=O) groups excluding carboxylic acids is 3. The monoisotopic (exact) mass is 995 g/mol. The predicted molar refractivity (Wildman–Crippen MR) is 284 cm³/mol. The van der Waals surface area contributed by atoms with Crippen molar-refractivity contribution in [2.75, 3.05) is 13.2 Å². The lowest BCUT2D eigenvalue weighted by Gasteiger charge is -2.40. The van der Waals surface area contributed by atoms with Crippen molar-refractivity contribution in [3.8, 4) is 0 Å². The van der Waals surface area contributed by atoms with Crippen LogP contribution in [0.1, 0.15) is 201 Å². The second-order valence-corrected chi connectivity index (χ2v) is 18.1. The van der Waals surface area contributed by atoms with E-state index in [4.69, 9.17) is 23.7 Å². The molecule has 1 aliphatic heterocycles. The fraction of sp³-hybridized carbons (Fsp3) is 0.661. The third-order valence-electron chi connectivity index (χ3n) is 11.6. The summed E-state index contributed by atoms with van der Waals surface area (Å²) in [5.74, 6) is -3.29. The first-order valence-corrected chi connectivity index (χ1v) is 27.2. The average Bonchev–Trinajstić information content (AvgIpc) is 3.35. The van der Waals surface area contributed by atoms with Gasteiger partial charge in [-0.15, -0.1) is 0 Å². The molecule has 1 fully saturated rings. The molecule has 1 heterocycles. The van der Waals surface area contributed by atoms with Gasteiger partial charge < -0.3 is 39.0 Å². The Labute approximate surface area is 428 Å². The van der Waals surface area contributed by atoms with E-state index in [-0.39, 0.29) is 25.9 Å². The summed E-state index contributed by atoms with van der Waals surface area (Å²) >= 11 is 0. The number of ether oxygens (including phenoxy) is 5. The van der Waals surface area contributed by atoms with Crippen LogP contribution in [-0.4, -0.2) is 89.2 Å². The maximum Gasteiger partial charge on any atom is 0.335 e. The fourth-order valence-corrected chi connectivity index (χ4v) is 7.51. The molecule has 0 aromatic rings. The van der Waals surface area contributed by atoms with E-state index in [1.54, 1.807) is 0 Å². The number of carboxylic acids is 1. The molecular formula is C59H94O12. The summed E-state index contributed by atoms with van der Waals surface area (Å²) in [5.41, 5.74) is 0. The van der Waals surface area contributed by atoms with E-state index < -0.39 is 67.3 Å². The number of carboxylic acid groups (broad SMARTS) is 1.